The van der Waals surface area contributed by atoms with Gasteiger partial charge in [0.05, 0.1) is 11.2 Å². The summed E-state index contributed by atoms with van der Waals surface area (Å²) < 4.78 is 0. The minimum absolute atomic E-state index is 0. The maximum absolute atomic E-state index is 4.38. The summed E-state index contributed by atoms with van der Waals surface area (Å²) in [5.41, 5.74) is 6.08. The zero-order valence-corrected chi connectivity index (χ0v) is 12.0. The maximum atomic E-state index is 4.38. The van der Waals surface area contributed by atoms with Gasteiger partial charge in [-0.1, -0.05) is 36.4 Å². The number of hydrogen-bond acceptors (Lipinski definition) is 2. The minimum Gasteiger partial charge on any atom is -0.662 e. The van der Waals surface area contributed by atoms with Crippen molar-refractivity contribution in [2.75, 3.05) is 0 Å². The summed E-state index contributed by atoms with van der Waals surface area (Å²) in [5.74, 6) is 0. The van der Waals surface area contributed by atoms with Gasteiger partial charge >= 0.3 is 0 Å². The molecule has 2 heterocycles. The SMILES string of the molecule is [Ir].c1ccc(-c2cc[n-]c2-c2cscn2)cc1. The molecule has 1 aromatic carbocycles. The van der Waals surface area contributed by atoms with E-state index in [9.17, 15) is 0 Å². The Hall–Kier alpha value is -1.22. The molecule has 0 fully saturated rings. The molecule has 1 radical (unpaired) electrons. The van der Waals surface area contributed by atoms with E-state index in [1.807, 2.05) is 41.4 Å². The van der Waals surface area contributed by atoms with Crippen molar-refractivity contribution in [1.29, 1.82) is 0 Å². The van der Waals surface area contributed by atoms with Gasteiger partial charge in [0.25, 0.3) is 0 Å². The van der Waals surface area contributed by atoms with Crippen LogP contribution in [-0.4, -0.2) is 4.98 Å². The van der Waals surface area contributed by atoms with Gasteiger partial charge in [0.15, 0.2) is 0 Å². The van der Waals surface area contributed by atoms with Crippen LogP contribution in [0.4, 0.5) is 0 Å². The van der Waals surface area contributed by atoms with Crippen LogP contribution in [0.25, 0.3) is 22.5 Å². The largest absolute Gasteiger partial charge is 0.662 e. The monoisotopic (exact) mass is 418 g/mol. The van der Waals surface area contributed by atoms with Crippen molar-refractivity contribution < 1.29 is 20.1 Å². The van der Waals surface area contributed by atoms with Crippen molar-refractivity contribution in [2.24, 2.45) is 0 Å². The van der Waals surface area contributed by atoms with Crippen LogP contribution in [-0.2, 0) is 20.1 Å². The number of nitrogens with zero attached hydrogens (tertiary/aromatic N) is 2. The quantitative estimate of drug-likeness (QED) is 0.639. The molecule has 0 saturated heterocycles. The van der Waals surface area contributed by atoms with E-state index in [1.165, 1.54) is 5.56 Å². The van der Waals surface area contributed by atoms with Crippen LogP contribution in [0.1, 0.15) is 0 Å². The molecule has 2 nitrogen and oxygen atoms in total. The van der Waals surface area contributed by atoms with Crippen molar-refractivity contribution in [3.05, 3.63) is 53.5 Å². The molecule has 0 atom stereocenters. The first-order valence-electron chi connectivity index (χ1n) is 5.01. The van der Waals surface area contributed by atoms with Crippen molar-refractivity contribution >= 4 is 11.3 Å². The zero-order valence-electron chi connectivity index (χ0n) is 8.83. The standard InChI is InChI=1S/C13H9N2S.Ir/c1-2-4-10(5-3-1)11-6-7-14-13(11)12-8-16-9-15-12;/h1-9H;/q-1;. The Morgan fingerprint density at radius 1 is 1.06 bits per heavy atom. The first-order chi connectivity index (χ1) is 7.95. The molecule has 0 bridgehead atoms. The molecule has 4 heteroatoms. The Morgan fingerprint density at radius 3 is 2.59 bits per heavy atom. The molecule has 3 rings (SSSR count). The summed E-state index contributed by atoms with van der Waals surface area (Å²) in [6.45, 7) is 0. The Balaban J connectivity index is 0.00000108. The third-order valence-corrected chi connectivity index (χ3v) is 3.05. The molecule has 0 saturated carbocycles. The Kier molecular flexibility index (Phi) is 3.89. The van der Waals surface area contributed by atoms with Gasteiger partial charge in [0.2, 0.25) is 0 Å². The van der Waals surface area contributed by atoms with E-state index in [-0.39, 0.29) is 20.1 Å². The Morgan fingerprint density at radius 2 is 1.88 bits per heavy atom. The zero-order chi connectivity index (χ0) is 10.8. The first-order valence-corrected chi connectivity index (χ1v) is 5.95. The number of aromatic nitrogens is 2. The normalized spacial score (nSPS) is 9.88. The van der Waals surface area contributed by atoms with E-state index in [1.54, 1.807) is 11.3 Å². The minimum atomic E-state index is 0. The number of hydrogen-bond donors (Lipinski definition) is 0. The van der Waals surface area contributed by atoms with Crippen molar-refractivity contribution in [1.82, 2.24) is 9.97 Å². The second kappa shape index (κ2) is 5.41. The van der Waals surface area contributed by atoms with E-state index in [0.717, 1.165) is 17.0 Å². The summed E-state index contributed by atoms with van der Waals surface area (Å²) >= 11 is 1.59. The van der Waals surface area contributed by atoms with Crippen molar-refractivity contribution in [2.45, 2.75) is 0 Å². The fourth-order valence-corrected chi connectivity index (χ4v) is 2.26. The molecule has 0 aliphatic rings. The smallest absolute Gasteiger partial charge is 0.0798 e. The molecule has 0 aliphatic heterocycles. The molecular weight excluding hydrogens is 408 g/mol. The molecule has 0 aliphatic carbocycles. The molecular formula is C13H9IrN2S-. The molecule has 3 aromatic rings. The third kappa shape index (κ3) is 2.39. The number of thiazole rings is 1. The molecule has 0 unspecified atom stereocenters. The van der Waals surface area contributed by atoms with Crippen LogP contribution >= 0.6 is 11.3 Å². The fraction of sp³-hybridized carbons (Fsp3) is 0. The topological polar surface area (TPSA) is 27.0 Å². The predicted molar refractivity (Wildman–Crippen MR) is 66.3 cm³/mol. The van der Waals surface area contributed by atoms with Gasteiger partial charge in [-0.25, -0.2) is 4.98 Å². The second-order valence-corrected chi connectivity index (χ2v) is 4.17. The van der Waals surface area contributed by atoms with Gasteiger partial charge in [0, 0.05) is 25.5 Å². The van der Waals surface area contributed by atoms with Crippen LogP contribution in [0.15, 0.2) is 53.5 Å². The molecule has 2 aromatic heterocycles. The van der Waals surface area contributed by atoms with E-state index < -0.39 is 0 Å². The van der Waals surface area contributed by atoms with Gasteiger partial charge in [-0.15, -0.1) is 17.0 Å². The van der Waals surface area contributed by atoms with Crippen LogP contribution in [0.3, 0.4) is 0 Å². The van der Waals surface area contributed by atoms with E-state index in [0.29, 0.717) is 0 Å². The van der Waals surface area contributed by atoms with E-state index >= 15 is 0 Å². The fourth-order valence-electron chi connectivity index (χ4n) is 1.72. The van der Waals surface area contributed by atoms with Gasteiger partial charge < -0.3 is 4.98 Å². The summed E-state index contributed by atoms with van der Waals surface area (Å²) in [5, 5.41) is 2.02. The molecule has 0 amide bonds. The maximum Gasteiger partial charge on any atom is 0.0798 e. The average molecular weight is 418 g/mol. The summed E-state index contributed by atoms with van der Waals surface area (Å²) in [6, 6.07) is 12.3. The van der Waals surface area contributed by atoms with Gasteiger partial charge in [0.1, 0.15) is 0 Å². The van der Waals surface area contributed by atoms with E-state index in [4.69, 9.17) is 0 Å². The summed E-state index contributed by atoms with van der Waals surface area (Å²) in [4.78, 5) is 8.68. The van der Waals surface area contributed by atoms with Crippen LogP contribution in [0, 0.1) is 0 Å². The number of rotatable bonds is 2. The van der Waals surface area contributed by atoms with Gasteiger partial charge in [-0.05, 0) is 11.1 Å². The summed E-state index contributed by atoms with van der Waals surface area (Å²) in [6.07, 6.45) is 1.83. The molecule has 0 N–H and O–H groups in total. The van der Waals surface area contributed by atoms with Crippen LogP contribution < -0.4 is 4.98 Å². The number of benzene rings is 1. The Bertz CT molecular complexity index is 573. The summed E-state index contributed by atoms with van der Waals surface area (Å²) in [7, 11) is 0. The first kappa shape index (κ1) is 12.2. The third-order valence-electron chi connectivity index (χ3n) is 2.46. The molecule has 0 spiro atoms. The van der Waals surface area contributed by atoms with Crippen molar-refractivity contribution in [3.8, 4) is 22.5 Å². The van der Waals surface area contributed by atoms with Gasteiger partial charge in [-0.2, -0.15) is 6.20 Å². The predicted octanol–water partition coefficient (Wildman–Crippen LogP) is 3.43. The average Bonchev–Trinajstić information content (AvgIpc) is 3.01. The molecule has 17 heavy (non-hydrogen) atoms. The van der Waals surface area contributed by atoms with Crippen LogP contribution in [0.2, 0.25) is 0 Å². The Labute approximate surface area is 117 Å². The van der Waals surface area contributed by atoms with Gasteiger partial charge in [-0.3, -0.25) is 0 Å². The molecule has 87 valence electrons. The second-order valence-electron chi connectivity index (χ2n) is 3.45. The van der Waals surface area contributed by atoms with Crippen molar-refractivity contribution in [3.63, 3.8) is 0 Å². The van der Waals surface area contributed by atoms with Crippen LogP contribution in [0.5, 0.6) is 0 Å². The van der Waals surface area contributed by atoms with E-state index in [2.05, 4.69) is 22.1 Å².